The van der Waals surface area contributed by atoms with Gasteiger partial charge in [-0.15, -0.1) is 13.2 Å². The molecule has 5 heteroatoms. The molecule has 94 valence electrons. The van der Waals surface area contributed by atoms with Crippen LogP contribution in [-0.4, -0.2) is 12.5 Å². The van der Waals surface area contributed by atoms with E-state index >= 15 is 0 Å². The molecule has 1 saturated carbocycles. The molecule has 1 aromatic carbocycles. The average Bonchev–Trinajstić information content (AvgIpc) is 2.71. The molecular weight excluding hydrogens is 233 g/mol. The Morgan fingerprint density at radius 3 is 2.00 bits per heavy atom. The molecule has 0 radical (unpaired) electrons. The molecule has 0 heterocycles. The molecule has 1 aliphatic carbocycles. The van der Waals surface area contributed by atoms with E-state index < -0.39 is 6.36 Å². The third kappa shape index (κ3) is 3.84. The van der Waals surface area contributed by atoms with Gasteiger partial charge in [-0.25, -0.2) is 0 Å². The van der Waals surface area contributed by atoms with Crippen LogP contribution in [0.25, 0.3) is 0 Å². The van der Waals surface area contributed by atoms with Gasteiger partial charge < -0.3 is 9.47 Å². The summed E-state index contributed by atoms with van der Waals surface area (Å²) in [6.07, 6.45) is -0.112. The van der Waals surface area contributed by atoms with Crippen LogP contribution in [0.5, 0.6) is 11.5 Å². The van der Waals surface area contributed by atoms with Gasteiger partial charge in [0, 0.05) is 0 Å². The van der Waals surface area contributed by atoms with Crippen LogP contribution in [0.3, 0.4) is 0 Å². The zero-order valence-electron chi connectivity index (χ0n) is 9.17. The Balaban J connectivity index is 1.93. The summed E-state index contributed by atoms with van der Waals surface area (Å²) in [7, 11) is 0. The van der Waals surface area contributed by atoms with E-state index in [1.165, 1.54) is 24.3 Å². The predicted molar refractivity (Wildman–Crippen MR) is 56.0 cm³/mol. The van der Waals surface area contributed by atoms with Crippen LogP contribution in [-0.2, 0) is 0 Å². The second-order valence-corrected chi connectivity index (χ2v) is 4.04. The van der Waals surface area contributed by atoms with E-state index in [2.05, 4.69) is 4.74 Å². The van der Waals surface area contributed by atoms with Crippen LogP contribution in [0.15, 0.2) is 24.3 Å². The van der Waals surface area contributed by atoms with E-state index in [9.17, 15) is 13.2 Å². The van der Waals surface area contributed by atoms with Gasteiger partial charge in [0.2, 0.25) is 0 Å². The fourth-order valence-corrected chi connectivity index (χ4v) is 1.92. The third-order valence-corrected chi connectivity index (χ3v) is 2.66. The van der Waals surface area contributed by atoms with E-state index in [0.29, 0.717) is 5.75 Å². The number of alkyl halides is 3. The number of hydrogen-bond acceptors (Lipinski definition) is 2. The highest BCUT2D eigenvalue weighted by molar-refractivity contribution is 5.31. The van der Waals surface area contributed by atoms with Crippen LogP contribution in [0.1, 0.15) is 25.7 Å². The first kappa shape index (κ1) is 12.1. The molecule has 0 spiro atoms. The quantitative estimate of drug-likeness (QED) is 0.805. The lowest BCUT2D eigenvalue weighted by Gasteiger charge is -2.14. The number of rotatable bonds is 3. The van der Waals surface area contributed by atoms with Crippen LogP contribution in [0, 0.1) is 0 Å². The van der Waals surface area contributed by atoms with Crippen molar-refractivity contribution in [3.05, 3.63) is 24.3 Å². The molecule has 0 N–H and O–H groups in total. The summed E-state index contributed by atoms with van der Waals surface area (Å²) >= 11 is 0. The van der Waals surface area contributed by atoms with Gasteiger partial charge in [-0.3, -0.25) is 0 Å². The number of ether oxygens (including phenoxy) is 2. The maximum Gasteiger partial charge on any atom is 0.573 e. The molecule has 2 rings (SSSR count). The highest BCUT2D eigenvalue weighted by Gasteiger charge is 2.31. The van der Waals surface area contributed by atoms with Gasteiger partial charge in [0.25, 0.3) is 0 Å². The van der Waals surface area contributed by atoms with Crippen molar-refractivity contribution in [2.75, 3.05) is 0 Å². The summed E-state index contributed by atoms with van der Waals surface area (Å²) in [4.78, 5) is 0. The predicted octanol–water partition coefficient (Wildman–Crippen LogP) is 3.91. The Bertz CT molecular complexity index is 353. The topological polar surface area (TPSA) is 18.5 Å². The molecule has 0 atom stereocenters. The molecule has 0 amide bonds. The largest absolute Gasteiger partial charge is 0.573 e. The third-order valence-electron chi connectivity index (χ3n) is 2.66. The molecule has 1 aromatic rings. The van der Waals surface area contributed by atoms with Gasteiger partial charge in [0.1, 0.15) is 11.5 Å². The zero-order chi connectivity index (χ0) is 12.3. The monoisotopic (exact) mass is 246 g/mol. The lowest BCUT2D eigenvalue weighted by molar-refractivity contribution is -0.274. The van der Waals surface area contributed by atoms with Gasteiger partial charge in [0.15, 0.2) is 0 Å². The minimum Gasteiger partial charge on any atom is -0.490 e. The summed E-state index contributed by atoms with van der Waals surface area (Å²) in [6.45, 7) is 0. The Morgan fingerprint density at radius 2 is 1.47 bits per heavy atom. The highest BCUT2D eigenvalue weighted by atomic mass is 19.4. The minimum atomic E-state index is -4.65. The number of benzene rings is 1. The first-order valence-corrected chi connectivity index (χ1v) is 5.55. The smallest absolute Gasteiger partial charge is 0.490 e. The maximum absolute atomic E-state index is 11.9. The van der Waals surface area contributed by atoms with Crippen molar-refractivity contribution in [1.29, 1.82) is 0 Å². The standard InChI is InChI=1S/C12H13F3O2/c13-12(14,15)17-11-7-5-10(6-8-11)16-9-3-1-2-4-9/h5-9H,1-4H2. The molecule has 2 nitrogen and oxygen atoms in total. The van der Waals surface area contributed by atoms with Gasteiger partial charge >= 0.3 is 6.36 Å². The van der Waals surface area contributed by atoms with Gasteiger partial charge in [-0.05, 0) is 49.9 Å². The first-order chi connectivity index (χ1) is 8.03. The molecular formula is C12H13F3O2. The SMILES string of the molecule is FC(F)(F)Oc1ccc(OC2CCCC2)cc1. The van der Waals surface area contributed by atoms with Crippen molar-refractivity contribution in [3.8, 4) is 11.5 Å². The van der Waals surface area contributed by atoms with E-state index in [-0.39, 0.29) is 11.9 Å². The Morgan fingerprint density at radius 1 is 0.941 bits per heavy atom. The Hall–Kier alpha value is -1.39. The van der Waals surface area contributed by atoms with Crippen LogP contribution >= 0.6 is 0 Å². The second kappa shape index (κ2) is 4.85. The van der Waals surface area contributed by atoms with Crippen molar-refractivity contribution >= 4 is 0 Å². The van der Waals surface area contributed by atoms with E-state index in [1.807, 2.05) is 0 Å². The molecule has 1 aliphatic rings. The van der Waals surface area contributed by atoms with Gasteiger partial charge in [-0.1, -0.05) is 0 Å². The summed E-state index contributed by atoms with van der Waals surface area (Å²) in [5, 5.41) is 0. The van der Waals surface area contributed by atoms with Gasteiger partial charge in [0.05, 0.1) is 6.10 Å². The summed E-state index contributed by atoms with van der Waals surface area (Å²) in [6, 6.07) is 5.52. The van der Waals surface area contributed by atoms with Gasteiger partial charge in [-0.2, -0.15) is 0 Å². The molecule has 0 bridgehead atoms. The van der Waals surface area contributed by atoms with E-state index in [4.69, 9.17) is 4.74 Å². The molecule has 0 unspecified atom stereocenters. The summed E-state index contributed by atoms with van der Waals surface area (Å²) < 4.78 is 45.1. The van der Waals surface area contributed by atoms with Crippen molar-refractivity contribution in [2.24, 2.45) is 0 Å². The lowest BCUT2D eigenvalue weighted by atomic mass is 10.3. The minimum absolute atomic E-state index is 0.199. The normalized spacial score (nSPS) is 17.1. The van der Waals surface area contributed by atoms with Crippen molar-refractivity contribution in [1.82, 2.24) is 0 Å². The van der Waals surface area contributed by atoms with Crippen molar-refractivity contribution < 1.29 is 22.6 Å². The highest BCUT2D eigenvalue weighted by Crippen LogP contribution is 2.27. The lowest BCUT2D eigenvalue weighted by Crippen LogP contribution is -2.17. The molecule has 0 saturated heterocycles. The Kier molecular flexibility index (Phi) is 3.45. The number of halogens is 3. The molecule has 1 fully saturated rings. The first-order valence-electron chi connectivity index (χ1n) is 5.55. The fraction of sp³-hybridized carbons (Fsp3) is 0.500. The Labute approximate surface area is 97.3 Å². The zero-order valence-corrected chi connectivity index (χ0v) is 9.17. The van der Waals surface area contributed by atoms with Crippen molar-refractivity contribution in [3.63, 3.8) is 0 Å². The van der Waals surface area contributed by atoms with E-state index in [1.54, 1.807) is 0 Å². The molecule has 0 aliphatic heterocycles. The van der Waals surface area contributed by atoms with Crippen LogP contribution in [0.4, 0.5) is 13.2 Å². The number of hydrogen-bond donors (Lipinski definition) is 0. The average molecular weight is 246 g/mol. The molecule has 17 heavy (non-hydrogen) atoms. The van der Waals surface area contributed by atoms with Crippen molar-refractivity contribution in [2.45, 2.75) is 38.1 Å². The summed E-state index contributed by atoms with van der Waals surface area (Å²) in [5.41, 5.74) is 0. The maximum atomic E-state index is 11.9. The van der Waals surface area contributed by atoms with Crippen LogP contribution in [0.2, 0.25) is 0 Å². The molecule has 0 aromatic heterocycles. The fourth-order valence-electron chi connectivity index (χ4n) is 1.92. The second-order valence-electron chi connectivity index (χ2n) is 4.04. The summed E-state index contributed by atoms with van der Waals surface area (Å²) in [5.74, 6) is 0.364. The van der Waals surface area contributed by atoms with E-state index in [0.717, 1.165) is 25.7 Å². The van der Waals surface area contributed by atoms with Crippen LogP contribution < -0.4 is 9.47 Å².